The predicted octanol–water partition coefficient (Wildman–Crippen LogP) is 3.25. The van der Waals surface area contributed by atoms with Crippen molar-refractivity contribution in [1.29, 1.82) is 0 Å². The van der Waals surface area contributed by atoms with E-state index >= 15 is 0 Å². The average Bonchev–Trinajstić information content (AvgIpc) is 2.25. The number of rotatable bonds is 6. The summed E-state index contributed by atoms with van der Waals surface area (Å²) in [5.41, 5.74) is 7.28. The van der Waals surface area contributed by atoms with Crippen LogP contribution in [0.5, 0.6) is 0 Å². The first-order chi connectivity index (χ1) is 7.61. The van der Waals surface area contributed by atoms with Crippen molar-refractivity contribution >= 4 is 11.8 Å². The summed E-state index contributed by atoms with van der Waals surface area (Å²) in [5, 5.41) is 0.368. The van der Waals surface area contributed by atoms with Gasteiger partial charge in [-0.25, -0.2) is 0 Å². The van der Waals surface area contributed by atoms with Gasteiger partial charge < -0.3 is 5.73 Å². The summed E-state index contributed by atoms with van der Waals surface area (Å²) in [6.07, 6.45) is 4.98. The Morgan fingerprint density at radius 2 is 2.12 bits per heavy atom. The molecule has 0 saturated heterocycles. The van der Waals surface area contributed by atoms with Crippen molar-refractivity contribution < 1.29 is 0 Å². The zero-order chi connectivity index (χ0) is 12.0. The van der Waals surface area contributed by atoms with Crippen LogP contribution in [0.4, 0.5) is 0 Å². The van der Waals surface area contributed by atoms with Gasteiger partial charge in [-0.2, -0.15) is 11.8 Å². The molecule has 1 aromatic heterocycles. The summed E-state index contributed by atoms with van der Waals surface area (Å²) in [6.45, 7) is 6.58. The summed E-state index contributed by atoms with van der Waals surface area (Å²) >= 11 is 1.95. The van der Waals surface area contributed by atoms with E-state index in [1.165, 1.54) is 17.7 Å². The normalized spacial score (nSPS) is 15.1. The second-order valence-electron chi connectivity index (χ2n) is 4.62. The Labute approximate surface area is 103 Å². The molecule has 0 amide bonds. The van der Waals surface area contributed by atoms with E-state index in [9.17, 15) is 0 Å². The molecule has 16 heavy (non-hydrogen) atoms. The molecule has 0 aromatic carbocycles. The first kappa shape index (κ1) is 13.5. The third kappa shape index (κ3) is 4.54. The molecule has 0 aliphatic heterocycles. The molecule has 0 fully saturated rings. The first-order valence-electron chi connectivity index (χ1n) is 5.88. The van der Waals surface area contributed by atoms with E-state index in [0.717, 1.165) is 5.92 Å². The van der Waals surface area contributed by atoms with Crippen LogP contribution in [0.15, 0.2) is 24.5 Å². The molecule has 1 rings (SSSR count). The third-order valence-electron chi connectivity index (χ3n) is 2.48. The molecular weight excluding hydrogens is 216 g/mol. The van der Waals surface area contributed by atoms with Gasteiger partial charge in [-0.1, -0.05) is 19.9 Å². The fourth-order valence-corrected chi connectivity index (χ4v) is 3.02. The topological polar surface area (TPSA) is 38.9 Å². The van der Waals surface area contributed by atoms with Crippen LogP contribution in [0.2, 0.25) is 0 Å². The molecule has 0 aliphatic rings. The van der Waals surface area contributed by atoms with Gasteiger partial charge in [-0.15, -0.1) is 0 Å². The van der Waals surface area contributed by atoms with E-state index in [4.69, 9.17) is 5.73 Å². The second-order valence-corrected chi connectivity index (χ2v) is 5.87. The number of pyridine rings is 1. The number of hydrogen-bond donors (Lipinski definition) is 1. The van der Waals surface area contributed by atoms with Crippen molar-refractivity contribution in [3.8, 4) is 0 Å². The van der Waals surface area contributed by atoms with Gasteiger partial charge in [0, 0.05) is 23.7 Å². The third-order valence-corrected chi connectivity index (χ3v) is 4.02. The molecule has 2 atom stereocenters. The molecule has 1 aromatic rings. The summed E-state index contributed by atoms with van der Waals surface area (Å²) in [4.78, 5) is 4.16. The van der Waals surface area contributed by atoms with Crippen LogP contribution < -0.4 is 5.73 Å². The maximum absolute atomic E-state index is 6.04. The van der Waals surface area contributed by atoms with Crippen LogP contribution in [0.25, 0.3) is 0 Å². The largest absolute Gasteiger partial charge is 0.327 e. The van der Waals surface area contributed by atoms with E-state index < -0.39 is 0 Å². The van der Waals surface area contributed by atoms with Crippen LogP contribution in [0, 0.1) is 5.92 Å². The van der Waals surface area contributed by atoms with Crippen LogP contribution in [-0.4, -0.2) is 16.8 Å². The molecule has 2 unspecified atom stereocenters. The Bertz CT molecular complexity index is 285. The maximum atomic E-state index is 6.04. The lowest BCUT2D eigenvalue weighted by Crippen LogP contribution is -2.23. The van der Waals surface area contributed by atoms with Crippen molar-refractivity contribution in [2.75, 3.05) is 5.75 Å². The Morgan fingerprint density at radius 1 is 1.38 bits per heavy atom. The van der Waals surface area contributed by atoms with Gasteiger partial charge in [0.15, 0.2) is 0 Å². The fraction of sp³-hybridized carbons (Fsp3) is 0.615. The minimum atomic E-state index is 0.168. The molecule has 0 saturated carbocycles. The Balaban J connectivity index is 2.55. The molecule has 0 bridgehead atoms. The summed E-state index contributed by atoms with van der Waals surface area (Å²) in [5.74, 6) is 1.92. The van der Waals surface area contributed by atoms with Gasteiger partial charge >= 0.3 is 0 Å². The van der Waals surface area contributed by atoms with Crippen molar-refractivity contribution in [3.05, 3.63) is 30.1 Å². The van der Waals surface area contributed by atoms with E-state index in [1.54, 1.807) is 6.20 Å². The lowest BCUT2D eigenvalue weighted by Gasteiger charge is -2.20. The summed E-state index contributed by atoms with van der Waals surface area (Å²) < 4.78 is 0. The SMILES string of the molecule is CC(C)CCSC(c1cccnc1)C(C)N. The van der Waals surface area contributed by atoms with Gasteiger partial charge in [0.1, 0.15) is 0 Å². The van der Waals surface area contributed by atoms with Crippen LogP contribution >= 0.6 is 11.8 Å². The minimum absolute atomic E-state index is 0.168. The molecule has 0 radical (unpaired) electrons. The molecule has 3 heteroatoms. The van der Waals surface area contributed by atoms with Gasteiger partial charge in [-0.05, 0) is 36.6 Å². The minimum Gasteiger partial charge on any atom is -0.327 e. The van der Waals surface area contributed by atoms with Crippen molar-refractivity contribution in [2.45, 2.75) is 38.5 Å². The number of nitrogens with zero attached hydrogens (tertiary/aromatic N) is 1. The number of aromatic nitrogens is 1. The van der Waals surface area contributed by atoms with Crippen LogP contribution in [-0.2, 0) is 0 Å². The molecule has 2 N–H and O–H groups in total. The number of thioether (sulfide) groups is 1. The lowest BCUT2D eigenvalue weighted by molar-refractivity contribution is 0.629. The van der Waals surface area contributed by atoms with Crippen LogP contribution in [0.1, 0.15) is 38.0 Å². The molecule has 0 aliphatic carbocycles. The van der Waals surface area contributed by atoms with Crippen molar-refractivity contribution in [1.82, 2.24) is 4.98 Å². The van der Waals surface area contributed by atoms with Gasteiger partial charge in [0.05, 0.1) is 0 Å². The average molecular weight is 238 g/mol. The Kier molecular flexibility index (Phi) is 5.85. The fourth-order valence-electron chi connectivity index (χ4n) is 1.53. The van der Waals surface area contributed by atoms with Crippen LogP contribution in [0.3, 0.4) is 0 Å². The number of nitrogens with two attached hydrogens (primary N) is 1. The highest BCUT2D eigenvalue weighted by Crippen LogP contribution is 2.31. The maximum Gasteiger partial charge on any atom is 0.0460 e. The summed E-state index contributed by atoms with van der Waals surface area (Å²) in [7, 11) is 0. The second kappa shape index (κ2) is 6.92. The molecular formula is C13H22N2S. The molecule has 1 heterocycles. The predicted molar refractivity (Wildman–Crippen MR) is 72.5 cm³/mol. The Hall–Kier alpha value is -0.540. The Morgan fingerprint density at radius 3 is 2.62 bits per heavy atom. The van der Waals surface area contributed by atoms with Crippen molar-refractivity contribution in [3.63, 3.8) is 0 Å². The van der Waals surface area contributed by atoms with E-state index in [1.807, 2.05) is 24.0 Å². The van der Waals surface area contributed by atoms with Gasteiger partial charge in [0.2, 0.25) is 0 Å². The lowest BCUT2D eigenvalue weighted by atomic mass is 10.1. The zero-order valence-electron chi connectivity index (χ0n) is 10.4. The molecule has 90 valence electrons. The highest BCUT2D eigenvalue weighted by atomic mass is 32.2. The number of hydrogen-bond acceptors (Lipinski definition) is 3. The first-order valence-corrected chi connectivity index (χ1v) is 6.93. The quantitative estimate of drug-likeness (QED) is 0.827. The van der Waals surface area contributed by atoms with Gasteiger partial charge in [-0.3, -0.25) is 4.98 Å². The van der Waals surface area contributed by atoms with E-state index in [2.05, 4.69) is 31.8 Å². The molecule has 2 nitrogen and oxygen atoms in total. The van der Waals surface area contributed by atoms with Crippen molar-refractivity contribution in [2.24, 2.45) is 11.7 Å². The van der Waals surface area contributed by atoms with E-state index in [0.29, 0.717) is 5.25 Å². The smallest absolute Gasteiger partial charge is 0.0460 e. The zero-order valence-corrected chi connectivity index (χ0v) is 11.2. The van der Waals surface area contributed by atoms with Gasteiger partial charge in [0.25, 0.3) is 0 Å². The summed E-state index contributed by atoms with van der Waals surface area (Å²) in [6, 6.07) is 4.26. The van der Waals surface area contributed by atoms with E-state index in [-0.39, 0.29) is 6.04 Å². The molecule has 0 spiro atoms. The monoisotopic (exact) mass is 238 g/mol. The highest BCUT2D eigenvalue weighted by Gasteiger charge is 2.16. The standard InChI is InChI=1S/C13H22N2S/c1-10(2)6-8-16-13(11(3)14)12-5-4-7-15-9-12/h4-5,7,9-11,13H,6,8,14H2,1-3H3. The highest BCUT2D eigenvalue weighted by molar-refractivity contribution is 7.99.